The second kappa shape index (κ2) is 9.71. The number of nitriles is 1. The Morgan fingerprint density at radius 2 is 2.04 bits per heavy atom. The Bertz CT molecular complexity index is 830. The molecular formula is C22H23NO5. The molecule has 0 aromatic heterocycles. The van der Waals surface area contributed by atoms with Crippen molar-refractivity contribution in [3.05, 3.63) is 35.9 Å². The maximum Gasteiger partial charge on any atom is 0.333 e. The maximum absolute atomic E-state index is 13.0. The lowest BCUT2D eigenvalue weighted by molar-refractivity contribution is -0.165. The highest BCUT2D eigenvalue weighted by molar-refractivity contribution is 6.12. The molecule has 0 N–H and O–H groups in total. The number of esters is 2. The summed E-state index contributed by atoms with van der Waals surface area (Å²) < 4.78 is 10.2. The Balaban J connectivity index is 2.39. The summed E-state index contributed by atoms with van der Waals surface area (Å²) in [6.07, 6.45) is 1.42. The van der Waals surface area contributed by atoms with Crippen molar-refractivity contribution in [2.45, 2.75) is 39.2 Å². The number of carbonyl (C=O) groups is 3. The zero-order valence-electron chi connectivity index (χ0n) is 16.1. The molecule has 28 heavy (non-hydrogen) atoms. The van der Waals surface area contributed by atoms with E-state index in [-0.39, 0.29) is 19.4 Å². The third-order valence-corrected chi connectivity index (χ3v) is 4.82. The van der Waals surface area contributed by atoms with Crippen LogP contribution in [0.1, 0.15) is 38.2 Å². The molecule has 1 aromatic carbocycles. The first-order valence-corrected chi connectivity index (χ1v) is 9.24. The second-order valence-corrected chi connectivity index (χ2v) is 6.65. The van der Waals surface area contributed by atoms with Crippen LogP contribution in [0.4, 0.5) is 0 Å². The minimum atomic E-state index is -1.93. The number of hydrogen-bond acceptors (Lipinski definition) is 6. The number of hydrogen-bond donors (Lipinski definition) is 0. The van der Waals surface area contributed by atoms with E-state index >= 15 is 0 Å². The van der Waals surface area contributed by atoms with Crippen molar-refractivity contribution in [2.24, 2.45) is 17.3 Å². The minimum absolute atomic E-state index is 0.0277. The Morgan fingerprint density at radius 1 is 1.32 bits per heavy atom. The molecule has 1 aliphatic rings. The molecule has 1 fully saturated rings. The number of benzene rings is 1. The van der Waals surface area contributed by atoms with Gasteiger partial charge in [-0.1, -0.05) is 55.5 Å². The number of nitrogens with zero attached hydrogens (tertiary/aromatic N) is 1. The summed E-state index contributed by atoms with van der Waals surface area (Å²) >= 11 is 0. The zero-order valence-corrected chi connectivity index (χ0v) is 16.1. The molecule has 2 rings (SSSR count). The molecule has 0 amide bonds. The van der Waals surface area contributed by atoms with Crippen molar-refractivity contribution < 1.29 is 23.9 Å². The van der Waals surface area contributed by atoms with Gasteiger partial charge in [-0.25, -0.2) is 4.79 Å². The Morgan fingerprint density at radius 3 is 2.64 bits per heavy atom. The van der Waals surface area contributed by atoms with Gasteiger partial charge in [0.25, 0.3) is 0 Å². The Labute approximate surface area is 164 Å². The maximum atomic E-state index is 13.0. The summed E-state index contributed by atoms with van der Waals surface area (Å²) in [7, 11) is 1.20. The van der Waals surface area contributed by atoms with Crippen LogP contribution in [0.15, 0.2) is 30.3 Å². The van der Waals surface area contributed by atoms with Crippen molar-refractivity contribution in [1.29, 1.82) is 5.26 Å². The van der Waals surface area contributed by atoms with E-state index < -0.39 is 35.0 Å². The largest absolute Gasteiger partial charge is 0.469 e. The van der Waals surface area contributed by atoms with Gasteiger partial charge in [-0.3, -0.25) is 9.59 Å². The molecule has 1 saturated carbocycles. The fourth-order valence-electron chi connectivity index (χ4n) is 3.28. The van der Waals surface area contributed by atoms with E-state index in [0.29, 0.717) is 6.42 Å². The topological polar surface area (TPSA) is 93.5 Å². The van der Waals surface area contributed by atoms with Gasteiger partial charge in [0.1, 0.15) is 12.5 Å². The van der Waals surface area contributed by atoms with Crippen LogP contribution in [-0.2, 0) is 30.5 Å². The molecule has 0 aliphatic heterocycles. The van der Waals surface area contributed by atoms with Crippen molar-refractivity contribution in [2.75, 3.05) is 7.11 Å². The average Bonchev–Trinajstić information content (AvgIpc) is 3.06. The summed E-state index contributed by atoms with van der Waals surface area (Å²) in [6, 6.07) is 11.1. The van der Waals surface area contributed by atoms with Gasteiger partial charge in [-0.05, 0) is 18.4 Å². The number of ketones is 1. The van der Waals surface area contributed by atoms with Crippen LogP contribution < -0.4 is 0 Å². The monoisotopic (exact) mass is 381 g/mol. The van der Waals surface area contributed by atoms with Crippen LogP contribution >= 0.6 is 0 Å². The van der Waals surface area contributed by atoms with Crippen LogP contribution in [-0.4, -0.2) is 24.8 Å². The fraction of sp³-hybridized carbons (Fsp3) is 0.455. The lowest BCUT2D eigenvalue weighted by Gasteiger charge is -2.25. The molecule has 0 heterocycles. The van der Waals surface area contributed by atoms with Crippen LogP contribution in [0, 0.1) is 40.4 Å². The third kappa shape index (κ3) is 4.40. The first-order valence-electron chi connectivity index (χ1n) is 9.24. The molecule has 6 heteroatoms. The van der Waals surface area contributed by atoms with Crippen LogP contribution in [0.25, 0.3) is 0 Å². The first-order chi connectivity index (χ1) is 13.5. The molecular weight excluding hydrogens is 358 g/mol. The quantitative estimate of drug-likeness (QED) is 0.427. The normalized spacial score (nSPS) is 21.8. The SMILES string of the molecule is CCCC(C#N)C#CC1(C(=O)OCc2ccccc2)C(=O)CCC1C(=O)OC. The number of rotatable bonds is 6. The van der Waals surface area contributed by atoms with Gasteiger partial charge in [0.2, 0.25) is 0 Å². The molecule has 1 aromatic rings. The van der Waals surface area contributed by atoms with E-state index in [0.717, 1.165) is 12.0 Å². The molecule has 0 radical (unpaired) electrons. The van der Waals surface area contributed by atoms with Gasteiger partial charge in [-0.2, -0.15) is 5.26 Å². The van der Waals surface area contributed by atoms with Gasteiger partial charge < -0.3 is 9.47 Å². The molecule has 146 valence electrons. The van der Waals surface area contributed by atoms with Gasteiger partial charge >= 0.3 is 11.9 Å². The number of methoxy groups -OCH3 is 1. The zero-order chi connectivity index (χ0) is 20.6. The average molecular weight is 381 g/mol. The van der Waals surface area contributed by atoms with E-state index in [1.807, 2.05) is 13.0 Å². The van der Waals surface area contributed by atoms with Gasteiger partial charge in [0.05, 0.1) is 19.1 Å². The fourth-order valence-corrected chi connectivity index (χ4v) is 3.28. The summed E-state index contributed by atoms with van der Waals surface area (Å²) in [4.78, 5) is 38.0. The Kier molecular flexibility index (Phi) is 7.35. The summed E-state index contributed by atoms with van der Waals surface area (Å²) in [5.41, 5.74) is -1.18. The molecule has 0 spiro atoms. The van der Waals surface area contributed by atoms with Crippen LogP contribution in [0.5, 0.6) is 0 Å². The summed E-state index contributed by atoms with van der Waals surface area (Å²) in [6.45, 7) is 1.87. The molecule has 0 saturated heterocycles. The Hall–Kier alpha value is -3.12. The summed E-state index contributed by atoms with van der Waals surface area (Å²) in [5, 5.41) is 9.25. The highest BCUT2D eigenvalue weighted by atomic mass is 16.5. The summed E-state index contributed by atoms with van der Waals surface area (Å²) in [5.74, 6) is 1.73. The molecule has 3 unspecified atom stereocenters. The molecule has 3 atom stereocenters. The second-order valence-electron chi connectivity index (χ2n) is 6.65. The van der Waals surface area contributed by atoms with Crippen molar-refractivity contribution in [1.82, 2.24) is 0 Å². The number of Topliss-reactive ketones (excluding diaryl/α,β-unsaturated/α-hetero) is 1. The van der Waals surface area contributed by atoms with E-state index in [4.69, 9.17) is 9.47 Å². The molecule has 0 bridgehead atoms. The number of carbonyl (C=O) groups excluding carboxylic acids is 3. The number of ether oxygens (including phenoxy) is 2. The predicted molar refractivity (Wildman–Crippen MR) is 100 cm³/mol. The van der Waals surface area contributed by atoms with Gasteiger partial charge in [0.15, 0.2) is 11.2 Å². The molecule has 6 nitrogen and oxygen atoms in total. The van der Waals surface area contributed by atoms with Gasteiger partial charge in [-0.15, -0.1) is 0 Å². The van der Waals surface area contributed by atoms with E-state index in [1.54, 1.807) is 24.3 Å². The van der Waals surface area contributed by atoms with E-state index in [1.165, 1.54) is 7.11 Å². The van der Waals surface area contributed by atoms with Crippen molar-refractivity contribution in [3.63, 3.8) is 0 Å². The molecule has 1 aliphatic carbocycles. The highest BCUT2D eigenvalue weighted by Gasteiger charge is 2.59. The van der Waals surface area contributed by atoms with Crippen molar-refractivity contribution in [3.8, 4) is 17.9 Å². The predicted octanol–water partition coefficient (Wildman–Crippen LogP) is 2.81. The lowest BCUT2D eigenvalue weighted by atomic mass is 9.77. The lowest BCUT2D eigenvalue weighted by Crippen LogP contribution is -2.44. The smallest absolute Gasteiger partial charge is 0.333 e. The van der Waals surface area contributed by atoms with Crippen molar-refractivity contribution >= 4 is 17.7 Å². The standard InChI is InChI=1S/C22H23NO5/c1-3-7-16(14-23)12-13-22(18(20(25)27-2)10-11-19(22)24)21(26)28-15-17-8-5-4-6-9-17/h4-6,8-9,16,18H,3,7,10-11,15H2,1-2H3. The highest BCUT2D eigenvalue weighted by Crippen LogP contribution is 2.42. The van der Waals surface area contributed by atoms with Gasteiger partial charge in [0, 0.05) is 6.42 Å². The van der Waals surface area contributed by atoms with E-state index in [2.05, 4.69) is 17.9 Å². The van der Waals surface area contributed by atoms with Crippen LogP contribution in [0.3, 0.4) is 0 Å². The van der Waals surface area contributed by atoms with Crippen LogP contribution in [0.2, 0.25) is 0 Å². The first kappa shape index (κ1) is 21.2. The minimum Gasteiger partial charge on any atom is -0.469 e. The third-order valence-electron chi connectivity index (χ3n) is 4.82. The van der Waals surface area contributed by atoms with E-state index in [9.17, 15) is 19.6 Å².